The van der Waals surface area contributed by atoms with Crippen molar-refractivity contribution in [3.05, 3.63) is 0 Å². The molecule has 0 aliphatic carbocycles. The zero-order chi connectivity index (χ0) is 15.3. The maximum atomic E-state index is 12.2. The number of rotatable bonds is 5. The van der Waals surface area contributed by atoms with Crippen molar-refractivity contribution in [2.75, 3.05) is 26.8 Å². The van der Waals surface area contributed by atoms with E-state index < -0.39 is 17.6 Å². The van der Waals surface area contributed by atoms with Gasteiger partial charge in [-0.1, -0.05) is 0 Å². The molecule has 1 aliphatic rings. The number of hydrogen-bond acceptors (Lipinski definition) is 4. The van der Waals surface area contributed by atoms with Crippen LogP contribution in [0.25, 0.3) is 0 Å². The summed E-state index contributed by atoms with van der Waals surface area (Å²) in [5.74, 6) is -1.06. The van der Waals surface area contributed by atoms with Crippen LogP contribution in [0, 0.1) is 0 Å². The number of morpholine rings is 1. The number of nitrogens with zero attached hydrogens (tertiary/aromatic N) is 1. The van der Waals surface area contributed by atoms with Crippen molar-refractivity contribution < 1.29 is 24.2 Å². The topological polar surface area (TPSA) is 88.1 Å². The third kappa shape index (κ3) is 4.97. The van der Waals surface area contributed by atoms with E-state index in [1.165, 1.54) is 7.11 Å². The summed E-state index contributed by atoms with van der Waals surface area (Å²) in [5.41, 5.74) is -0.430. The fourth-order valence-corrected chi connectivity index (χ4v) is 2.34. The van der Waals surface area contributed by atoms with Crippen LogP contribution >= 0.6 is 0 Å². The molecule has 0 bridgehead atoms. The second kappa shape index (κ2) is 6.90. The highest BCUT2D eigenvalue weighted by Crippen LogP contribution is 2.20. The van der Waals surface area contributed by atoms with Crippen LogP contribution in [0.15, 0.2) is 0 Å². The Morgan fingerprint density at radius 2 is 2.20 bits per heavy atom. The first-order valence-electron chi connectivity index (χ1n) is 6.70. The van der Waals surface area contributed by atoms with Gasteiger partial charge in [0.2, 0.25) is 0 Å². The maximum absolute atomic E-state index is 12.2. The number of carbonyl (C=O) groups excluding carboxylic acids is 1. The minimum absolute atomic E-state index is 0.0771. The minimum Gasteiger partial charge on any atom is -0.480 e. The van der Waals surface area contributed by atoms with Crippen LogP contribution in [0.2, 0.25) is 0 Å². The Labute approximate surface area is 119 Å². The lowest BCUT2D eigenvalue weighted by Crippen LogP contribution is -2.58. The first-order chi connectivity index (χ1) is 9.25. The molecule has 1 rings (SSSR count). The molecule has 1 saturated heterocycles. The van der Waals surface area contributed by atoms with E-state index in [0.717, 1.165) is 0 Å². The average Bonchev–Trinajstić information content (AvgIpc) is 2.31. The molecule has 116 valence electrons. The van der Waals surface area contributed by atoms with Gasteiger partial charge in [-0.2, -0.15) is 0 Å². The predicted octanol–water partition coefficient (Wildman–Crippen LogP) is 0.685. The molecule has 20 heavy (non-hydrogen) atoms. The molecule has 2 unspecified atom stereocenters. The van der Waals surface area contributed by atoms with Crippen LogP contribution in [-0.4, -0.2) is 66.6 Å². The number of ether oxygens (including phenoxy) is 2. The predicted molar refractivity (Wildman–Crippen MR) is 72.6 cm³/mol. The maximum Gasteiger partial charge on any atom is 0.326 e. The van der Waals surface area contributed by atoms with Crippen LogP contribution in [0.5, 0.6) is 0 Å². The normalized spacial score (nSPS) is 23.2. The molecule has 1 fully saturated rings. The second-order valence-electron chi connectivity index (χ2n) is 5.69. The van der Waals surface area contributed by atoms with Crippen LogP contribution in [0.1, 0.15) is 27.2 Å². The fraction of sp³-hybridized carbons (Fsp3) is 0.846. The van der Waals surface area contributed by atoms with Crippen molar-refractivity contribution in [1.82, 2.24) is 10.2 Å². The molecule has 0 aromatic carbocycles. The Kier molecular flexibility index (Phi) is 5.76. The van der Waals surface area contributed by atoms with Gasteiger partial charge in [-0.3, -0.25) is 0 Å². The molecule has 0 aromatic heterocycles. The van der Waals surface area contributed by atoms with E-state index in [0.29, 0.717) is 13.1 Å². The number of carbonyl (C=O) groups is 2. The molecule has 0 aromatic rings. The van der Waals surface area contributed by atoms with Gasteiger partial charge in [-0.05, 0) is 20.8 Å². The van der Waals surface area contributed by atoms with Crippen molar-refractivity contribution in [3.8, 4) is 0 Å². The summed E-state index contributed by atoms with van der Waals surface area (Å²) in [7, 11) is 1.49. The van der Waals surface area contributed by atoms with E-state index in [9.17, 15) is 9.59 Å². The van der Waals surface area contributed by atoms with Gasteiger partial charge in [-0.25, -0.2) is 9.59 Å². The molecule has 2 amide bonds. The van der Waals surface area contributed by atoms with Crippen LogP contribution in [0.3, 0.4) is 0 Å². The molecule has 0 spiro atoms. The number of amides is 2. The van der Waals surface area contributed by atoms with E-state index in [2.05, 4.69) is 5.32 Å². The third-order valence-corrected chi connectivity index (χ3v) is 3.06. The largest absolute Gasteiger partial charge is 0.480 e. The number of nitrogens with one attached hydrogen (secondary N) is 1. The molecule has 0 radical (unpaired) electrons. The number of urea groups is 1. The Morgan fingerprint density at radius 1 is 1.55 bits per heavy atom. The zero-order valence-corrected chi connectivity index (χ0v) is 12.5. The summed E-state index contributed by atoms with van der Waals surface area (Å²) in [6.07, 6.45) is 0.160. The summed E-state index contributed by atoms with van der Waals surface area (Å²) in [5, 5.41) is 11.6. The number of aliphatic carboxylic acids is 1. The molecule has 2 atom stereocenters. The van der Waals surface area contributed by atoms with Crippen molar-refractivity contribution in [2.24, 2.45) is 0 Å². The monoisotopic (exact) mass is 288 g/mol. The third-order valence-electron chi connectivity index (χ3n) is 3.06. The lowest BCUT2D eigenvalue weighted by molar-refractivity contribution is -0.140. The molecular formula is C13H24N2O5. The summed E-state index contributed by atoms with van der Waals surface area (Å²) in [6.45, 7) is 6.86. The molecule has 7 heteroatoms. The first-order valence-corrected chi connectivity index (χ1v) is 6.70. The minimum atomic E-state index is -1.06. The fourth-order valence-electron chi connectivity index (χ4n) is 2.34. The summed E-state index contributed by atoms with van der Waals surface area (Å²) >= 11 is 0. The van der Waals surface area contributed by atoms with Crippen LogP contribution < -0.4 is 5.32 Å². The summed E-state index contributed by atoms with van der Waals surface area (Å²) in [4.78, 5) is 24.9. The number of carboxylic acids is 1. The highest BCUT2D eigenvalue weighted by molar-refractivity contribution is 5.82. The highest BCUT2D eigenvalue weighted by atomic mass is 16.5. The van der Waals surface area contributed by atoms with E-state index in [-0.39, 0.29) is 25.2 Å². The van der Waals surface area contributed by atoms with E-state index >= 15 is 0 Å². The van der Waals surface area contributed by atoms with Gasteiger partial charge >= 0.3 is 12.0 Å². The van der Waals surface area contributed by atoms with E-state index in [1.807, 2.05) is 20.8 Å². The molecular weight excluding hydrogens is 264 g/mol. The SMILES string of the molecule is COCCC(NC(=O)N1CC(C)OC(C)(C)C1)C(=O)O. The smallest absolute Gasteiger partial charge is 0.326 e. The Hall–Kier alpha value is -1.34. The number of carboxylic acid groups (broad SMARTS) is 1. The number of hydrogen-bond donors (Lipinski definition) is 2. The van der Waals surface area contributed by atoms with Gasteiger partial charge in [0.25, 0.3) is 0 Å². The van der Waals surface area contributed by atoms with Gasteiger partial charge in [-0.15, -0.1) is 0 Å². The molecule has 1 heterocycles. The zero-order valence-electron chi connectivity index (χ0n) is 12.5. The lowest BCUT2D eigenvalue weighted by atomic mass is 10.1. The van der Waals surface area contributed by atoms with Gasteiger partial charge in [0.1, 0.15) is 6.04 Å². The summed E-state index contributed by atoms with van der Waals surface area (Å²) in [6, 6.07) is -1.32. The Bertz CT molecular complexity index is 359. The van der Waals surface area contributed by atoms with Crippen molar-refractivity contribution in [3.63, 3.8) is 0 Å². The van der Waals surface area contributed by atoms with Gasteiger partial charge in [0, 0.05) is 26.7 Å². The van der Waals surface area contributed by atoms with Gasteiger partial charge in [0.05, 0.1) is 18.2 Å². The first kappa shape index (κ1) is 16.7. The quantitative estimate of drug-likeness (QED) is 0.777. The van der Waals surface area contributed by atoms with Gasteiger partial charge < -0.3 is 24.8 Å². The highest BCUT2D eigenvalue weighted by Gasteiger charge is 2.34. The molecule has 2 N–H and O–H groups in total. The number of methoxy groups -OCH3 is 1. The molecule has 0 saturated carbocycles. The standard InChI is InChI=1S/C13H24N2O5/c1-9-7-15(8-13(2,3)20-9)12(18)14-10(11(16)17)5-6-19-4/h9-10H,5-8H2,1-4H3,(H,14,18)(H,16,17). The van der Waals surface area contributed by atoms with Gasteiger partial charge in [0.15, 0.2) is 0 Å². The van der Waals surface area contributed by atoms with Crippen molar-refractivity contribution in [2.45, 2.75) is 44.9 Å². The average molecular weight is 288 g/mol. The molecule has 1 aliphatic heterocycles. The lowest BCUT2D eigenvalue weighted by Gasteiger charge is -2.41. The molecule has 7 nitrogen and oxygen atoms in total. The Balaban J connectivity index is 2.61. The Morgan fingerprint density at radius 3 is 2.70 bits per heavy atom. The van der Waals surface area contributed by atoms with Crippen molar-refractivity contribution in [1.29, 1.82) is 0 Å². The van der Waals surface area contributed by atoms with E-state index in [4.69, 9.17) is 14.6 Å². The van der Waals surface area contributed by atoms with Crippen LogP contribution in [0.4, 0.5) is 4.79 Å². The summed E-state index contributed by atoms with van der Waals surface area (Å²) < 4.78 is 10.6. The second-order valence-corrected chi connectivity index (χ2v) is 5.69. The van der Waals surface area contributed by atoms with Crippen molar-refractivity contribution >= 4 is 12.0 Å². The van der Waals surface area contributed by atoms with Crippen LogP contribution in [-0.2, 0) is 14.3 Å². The van der Waals surface area contributed by atoms with E-state index in [1.54, 1.807) is 4.90 Å².